The summed E-state index contributed by atoms with van der Waals surface area (Å²) in [6.07, 6.45) is 0. The highest BCUT2D eigenvalue weighted by Crippen LogP contribution is 1.89. The monoisotopic (exact) mass is 93.0 g/mol. The van der Waals surface area contributed by atoms with Crippen LogP contribution in [0.1, 0.15) is 6.92 Å². The van der Waals surface area contributed by atoms with Gasteiger partial charge in [-0.3, -0.25) is 0 Å². The van der Waals surface area contributed by atoms with Crippen LogP contribution in [0.3, 0.4) is 0 Å². The van der Waals surface area contributed by atoms with Gasteiger partial charge in [-0.2, -0.15) is 0 Å². The Bertz CT molecular complexity index is 20.9. The average molecular weight is 93.1 g/mol. The summed E-state index contributed by atoms with van der Waals surface area (Å²) in [5.41, 5.74) is 0. The normalized spacial score (nSPS) is 15.0. The third-order valence-corrected chi connectivity index (χ3v) is 0.343. The summed E-state index contributed by atoms with van der Waals surface area (Å²) >= 11 is 4.41. The molecular formula is C3H6FS. The van der Waals surface area contributed by atoms with E-state index in [1.807, 2.05) is 0 Å². The largest absolute Gasteiger partial charge is 0.250 e. The van der Waals surface area contributed by atoms with Crippen molar-refractivity contribution in [3.63, 3.8) is 0 Å². The van der Waals surface area contributed by atoms with Gasteiger partial charge in [0.1, 0.15) is 6.67 Å². The molecule has 0 nitrogen and oxygen atoms in total. The quantitative estimate of drug-likeness (QED) is 0.461. The fourth-order valence-corrected chi connectivity index (χ4v) is 0. The maximum Gasteiger partial charge on any atom is 0.102 e. The van der Waals surface area contributed by atoms with Gasteiger partial charge in [-0.05, 0) is 6.92 Å². The summed E-state index contributed by atoms with van der Waals surface area (Å²) in [6.45, 7) is 1.28. The van der Waals surface area contributed by atoms with Crippen LogP contribution in [0, 0.1) is 0 Å². The second-order valence-electron chi connectivity index (χ2n) is 0.965. The van der Waals surface area contributed by atoms with Crippen LogP contribution in [0.5, 0.6) is 0 Å². The summed E-state index contributed by atoms with van der Waals surface area (Å²) < 4.78 is 11.0. The van der Waals surface area contributed by atoms with Crippen LogP contribution < -0.4 is 0 Å². The first-order chi connectivity index (χ1) is 2.27. The number of halogens is 1. The topological polar surface area (TPSA) is 0 Å². The molecular weight excluding hydrogens is 87.1 g/mol. The summed E-state index contributed by atoms with van der Waals surface area (Å²) in [7, 11) is 0. The van der Waals surface area contributed by atoms with E-state index in [-0.39, 0.29) is 11.9 Å². The molecule has 0 saturated carbocycles. The molecule has 0 aromatic carbocycles. The zero-order chi connectivity index (χ0) is 4.28. The van der Waals surface area contributed by atoms with Gasteiger partial charge in [0.25, 0.3) is 0 Å². The second kappa shape index (κ2) is 2.51. The van der Waals surface area contributed by atoms with Crippen molar-refractivity contribution in [2.75, 3.05) is 6.67 Å². The van der Waals surface area contributed by atoms with Gasteiger partial charge < -0.3 is 0 Å². The minimum atomic E-state index is -0.380. The molecule has 0 bridgehead atoms. The highest BCUT2D eigenvalue weighted by molar-refractivity contribution is 7.80. The van der Waals surface area contributed by atoms with Gasteiger partial charge in [0.2, 0.25) is 0 Å². The summed E-state index contributed by atoms with van der Waals surface area (Å²) in [6, 6.07) is 0. The predicted molar refractivity (Wildman–Crippen MR) is 23.0 cm³/mol. The first-order valence-corrected chi connectivity index (χ1v) is 1.96. The fourth-order valence-electron chi connectivity index (χ4n) is 0. The fraction of sp³-hybridized carbons (Fsp3) is 1.00. The molecule has 1 atom stereocenters. The molecule has 1 radical (unpaired) electrons. The van der Waals surface area contributed by atoms with E-state index in [1.54, 1.807) is 6.92 Å². The standard InChI is InChI=1S/C3H6FS/c1-3(5)2-4/h3H,2H2,1H3/t3-/m0/s1. The van der Waals surface area contributed by atoms with Crippen LogP contribution in [0.25, 0.3) is 0 Å². The van der Waals surface area contributed by atoms with E-state index in [2.05, 4.69) is 12.6 Å². The minimum Gasteiger partial charge on any atom is -0.250 e. The number of alkyl halides is 1. The zero-order valence-electron chi connectivity index (χ0n) is 3.07. The molecule has 0 heterocycles. The molecule has 2 heteroatoms. The third-order valence-electron chi connectivity index (χ3n) is 0.217. The third kappa shape index (κ3) is 4.28. The van der Waals surface area contributed by atoms with Crippen LogP contribution in [0.4, 0.5) is 4.39 Å². The van der Waals surface area contributed by atoms with E-state index in [4.69, 9.17) is 0 Å². The summed E-state index contributed by atoms with van der Waals surface area (Å²) in [5, 5.41) is -0.199. The van der Waals surface area contributed by atoms with Gasteiger partial charge in [-0.25, -0.2) is 4.39 Å². The van der Waals surface area contributed by atoms with Crippen molar-refractivity contribution in [1.29, 1.82) is 0 Å². The second-order valence-corrected chi connectivity index (χ2v) is 1.77. The van der Waals surface area contributed by atoms with Crippen molar-refractivity contribution in [2.24, 2.45) is 0 Å². The lowest BCUT2D eigenvalue weighted by molar-refractivity contribution is 0.496. The molecule has 0 spiro atoms. The molecule has 5 heavy (non-hydrogen) atoms. The Hall–Kier alpha value is 0.280. The molecule has 0 saturated heterocycles. The first kappa shape index (κ1) is 5.28. The predicted octanol–water partition coefficient (Wildman–Crippen LogP) is 1.54. The lowest BCUT2D eigenvalue weighted by atomic mass is 10.5. The zero-order valence-corrected chi connectivity index (χ0v) is 3.89. The van der Waals surface area contributed by atoms with Crippen molar-refractivity contribution in [3.8, 4) is 0 Å². The molecule has 0 aliphatic heterocycles. The van der Waals surface area contributed by atoms with Crippen LogP contribution in [-0.4, -0.2) is 11.9 Å². The molecule has 0 aromatic rings. The summed E-state index contributed by atoms with van der Waals surface area (Å²) in [5.74, 6) is 0. The van der Waals surface area contributed by atoms with Crippen molar-refractivity contribution >= 4 is 12.6 Å². The maximum atomic E-state index is 11.0. The average Bonchev–Trinajstić information content (AvgIpc) is 1.38. The Morgan fingerprint density at radius 3 is 2.20 bits per heavy atom. The Morgan fingerprint density at radius 1 is 2.00 bits per heavy atom. The van der Waals surface area contributed by atoms with E-state index in [0.717, 1.165) is 0 Å². The van der Waals surface area contributed by atoms with Crippen LogP contribution in [0.15, 0.2) is 0 Å². The highest BCUT2D eigenvalue weighted by Gasteiger charge is 1.86. The number of rotatable bonds is 1. The first-order valence-electron chi connectivity index (χ1n) is 1.49. The summed E-state index contributed by atoms with van der Waals surface area (Å²) in [4.78, 5) is 0. The van der Waals surface area contributed by atoms with Crippen LogP contribution in [-0.2, 0) is 0 Å². The Kier molecular flexibility index (Phi) is 2.65. The van der Waals surface area contributed by atoms with Crippen molar-refractivity contribution in [2.45, 2.75) is 12.2 Å². The molecule has 0 amide bonds. The Labute approximate surface area is 36.8 Å². The van der Waals surface area contributed by atoms with Gasteiger partial charge in [0.05, 0.1) is 0 Å². The van der Waals surface area contributed by atoms with Gasteiger partial charge in [0.15, 0.2) is 0 Å². The molecule has 0 rings (SSSR count). The molecule has 0 fully saturated rings. The van der Waals surface area contributed by atoms with E-state index >= 15 is 0 Å². The van der Waals surface area contributed by atoms with Gasteiger partial charge in [-0.1, -0.05) is 12.6 Å². The molecule has 0 unspecified atom stereocenters. The number of hydrogen-bond donors (Lipinski definition) is 0. The number of hydrogen-bond acceptors (Lipinski definition) is 0. The molecule has 0 N–H and O–H groups in total. The lowest BCUT2D eigenvalue weighted by Gasteiger charge is -1.84. The van der Waals surface area contributed by atoms with Crippen molar-refractivity contribution in [1.82, 2.24) is 0 Å². The smallest absolute Gasteiger partial charge is 0.102 e. The lowest BCUT2D eigenvalue weighted by Crippen LogP contribution is -1.89. The van der Waals surface area contributed by atoms with Crippen molar-refractivity contribution in [3.05, 3.63) is 0 Å². The maximum absolute atomic E-state index is 11.0. The van der Waals surface area contributed by atoms with Crippen LogP contribution in [0.2, 0.25) is 0 Å². The van der Waals surface area contributed by atoms with E-state index in [1.165, 1.54) is 0 Å². The Morgan fingerprint density at radius 2 is 2.20 bits per heavy atom. The molecule has 0 aliphatic rings. The highest BCUT2D eigenvalue weighted by atomic mass is 32.1. The van der Waals surface area contributed by atoms with E-state index in [9.17, 15) is 4.39 Å². The molecule has 0 aliphatic carbocycles. The minimum absolute atomic E-state index is 0.199. The molecule has 31 valence electrons. The van der Waals surface area contributed by atoms with Crippen LogP contribution >= 0.6 is 12.6 Å². The van der Waals surface area contributed by atoms with Crippen molar-refractivity contribution < 1.29 is 4.39 Å². The van der Waals surface area contributed by atoms with Gasteiger partial charge in [-0.15, -0.1) is 0 Å². The van der Waals surface area contributed by atoms with Gasteiger partial charge >= 0.3 is 0 Å². The van der Waals surface area contributed by atoms with E-state index in [0.29, 0.717) is 0 Å². The SMILES string of the molecule is C[C@H]([S])CF. The molecule has 0 aromatic heterocycles. The Balaban J connectivity index is 2.54. The van der Waals surface area contributed by atoms with Gasteiger partial charge in [0, 0.05) is 5.25 Å². The van der Waals surface area contributed by atoms with E-state index < -0.39 is 0 Å².